The van der Waals surface area contributed by atoms with Crippen LogP contribution in [0, 0.1) is 5.92 Å². The molecule has 0 aromatic rings. The monoisotopic (exact) mass is 174 g/mol. The van der Waals surface area contributed by atoms with E-state index in [2.05, 4.69) is 12.2 Å². The Morgan fingerprint density at radius 2 is 2.36 bits per heavy atom. The normalized spacial score (nSPS) is 21.3. The molecule has 0 radical (unpaired) electrons. The van der Waals surface area contributed by atoms with Gasteiger partial charge >= 0.3 is 0 Å². The molecule has 3 heteroatoms. The summed E-state index contributed by atoms with van der Waals surface area (Å²) in [6.45, 7) is 4.54. The molecule has 2 nitrogen and oxygen atoms in total. The van der Waals surface area contributed by atoms with Crippen LogP contribution in [0.4, 0.5) is 0 Å². The van der Waals surface area contributed by atoms with Crippen molar-refractivity contribution >= 4 is 11.8 Å². The van der Waals surface area contributed by atoms with Crippen LogP contribution in [0.3, 0.4) is 0 Å². The van der Waals surface area contributed by atoms with Gasteiger partial charge in [0.05, 0.1) is 0 Å². The van der Waals surface area contributed by atoms with E-state index in [1.807, 2.05) is 11.8 Å². The Labute approximate surface area is 73.3 Å². The fourth-order valence-electron chi connectivity index (χ4n) is 1.07. The molecule has 1 heterocycles. The third-order valence-corrected chi connectivity index (χ3v) is 3.20. The van der Waals surface area contributed by atoms with E-state index in [1.54, 1.807) is 0 Å². The summed E-state index contributed by atoms with van der Waals surface area (Å²) in [5.41, 5.74) is 5.62. The molecule has 1 atom stereocenters. The van der Waals surface area contributed by atoms with Gasteiger partial charge in [-0.3, -0.25) is 0 Å². The Balaban J connectivity index is 1.80. The predicted octanol–water partition coefficient (Wildman–Crippen LogP) is 0.676. The zero-order chi connectivity index (χ0) is 8.10. The maximum absolute atomic E-state index is 5.62. The summed E-state index contributed by atoms with van der Waals surface area (Å²) in [7, 11) is 0. The summed E-state index contributed by atoms with van der Waals surface area (Å²) in [6.07, 6.45) is 1.37. The van der Waals surface area contributed by atoms with Crippen LogP contribution in [0.1, 0.15) is 13.3 Å². The number of nitrogens with two attached hydrogens (primary N) is 1. The minimum atomic E-state index is 0.361. The maximum Gasteiger partial charge on any atom is 0.0101 e. The fraction of sp³-hybridized carbons (Fsp3) is 1.00. The first kappa shape index (κ1) is 9.36. The number of thioether (sulfide) groups is 1. The largest absolute Gasteiger partial charge is 0.327 e. The molecule has 1 aliphatic rings. The first-order chi connectivity index (χ1) is 5.29. The van der Waals surface area contributed by atoms with Gasteiger partial charge in [0.25, 0.3) is 0 Å². The van der Waals surface area contributed by atoms with Crippen molar-refractivity contribution in [1.29, 1.82) is 0 Å². The van der Waals surface area contributed by atoms with Crippen LogP contribution in [0.15, 0.2) is 0 Å². The highest BCUT2D eigenvalue weighted by atomic mass is 32.2. The average molecular weight is 174 g/mol. The third kappa shape index (κ3) is 3.99. The van der Waals surface area contributed by atoms with Gasteiger partial charge < -0.3 is 11.1 Å². The van der Waals surface area contributed by atoms with Crippen molar-refractivity contribution in [3.05, 3.63) is 0 Å². The number of rotatable bonds is 5. The Morgan fingerprint density at radius 1 is 1.64 bits per heavy atom. The van der Waals surface area contributed by atoms with Gasteiger partial charge in [-0.1, -0.05) is 0 Å². The summed E-state index contributed by atoms with van der Waals surface area (Å²) in [4.78, 5) is 0. The molecule has 0 aromatic carbocycles. The summed E-state index contributed by atoms with van der Waals surface area (Å²) >= 11 is 1.99. The van der Waals surface area contributed by atoms with Gasteiger partial charge in [-0.15, -0.1) is 0 Å². The molecule has 11 heavy (non-hydrogen) atoms. The minimum Gasteiger partial charge on any atom is -0.327 e. The zero-order valence-electron chi connectivity index (χ0n) is 7.18. The number of nitrogens with one attached hydrogen (secondary N) is 1. The van der Waals surface area contributed by atoms with Crippen molar-refractivity contribution in [2.24, 2.45) is 11.7 Å². The van der Waals surface area contributed by atoms with Gasteiger partial charge in [-0.05, 0) is 38.1 Å². The lowest BCUT2D eigenvalue weighted by atomic mass is 10.0. The van der Waals surface area contributed by atoms with Crippen LogP contribution in [-0.4, -0.2) is 30.6 Å². The Bertz CT molecular complexity index is 102. The standard InChI is InChI=1S/C8H18N2S/c1-7(9)6-11-3-2-8-4-10-5-8/h7-8,10H,2-6,9H2,1H3. The van der Waals surface area contributed by atoms with Gasteiger partial charge in [0.15, 0.2) is 0 Å². The van der Waals surface area contributed by atoms with Crippen LogP contribution < -0.4 is 11.1 Å². The van der Waals surface area contributed by atoms with Gasteiger partial charge in [-0.2, -0.15) is 11.8 Å². The van der Waals surface area contributed by atoms with Crippen molar-refractivity contribution in [3.63, 3.8) is 0 Å². The molecular weight excluding hydrogens is 156 g/mol. The second kappa shape index (κ2) is 5.01. The topological polar surface area (TPSA) is 38.0 Å². The summed E-state index contributed by atoms with van der Waals surface area (Å²) in [5, 5.41) is 3.28. The molecule has 1 fully saturated rings. The molecule has 0 aliphatic carbocycles. The molecule has 1 rings (SSSR count). The molecule has 0 spiro atoms. The van der Waals surface area contributed by atoms with Crippen molar-refractivity contribution < 1.29 is 0 Å². The molecule has 0 saturated carbocycles. The maximum atomic E-state index is 5.62. The third-order valence-electron chi connectivity index (χ3n) is 1.92. The van der Waals surface area contributed by atoms with E-state index in [4.69, 9.17) is 5.73 Å². The van der Waals surface area contributed by atoms with Gasteiger partial charge in [0.2, 0.25) is 0 Å². The summed E-state index contributed by atoms with van der Waals surface area (Å²) in [5.74, 6) is 3.35. The average Bonchev–Trinajstić information content (AvgIpc) is 1.82. The quantitative estimate of drug-likeness (QED) is 0.602. The summed E-state index contributed by atoms with van der Waals surface area (Å²) < 4.78 is 0. The van der Waals surface area contributed by atoms with E-state index in [1.165, 1.54) is 25.3 Å². The Hall–Kier alpha value is 0.270. The highest BCUT2D eigenvalue weighted by Crippen LogP contribution is 2.13. The van der Waals surface area contributed by atoms with E-state index >= 15 is 0 Å². The molecule has 0 bridgehead atoms. The lowest BCUT2D eigenvalue weighted by Gasteiger charge is -2.26. The molecule has 1 aliphatic heterocycles. The van der Waals surface area contributed by atoms with E-state index in [0.717, 1.165) is 11.7 Å². The lowest BCUT2D eigenvalue weighted by Crippen LogP contribution is -2.42. The van der Waals surface area contributed by atoms with Gasteiger partial charge in [0.1, 0.15) is 0 Å². The molecular formula is C8H18N2S. The van der Waals surface area contributed by atoms with Crippen molar-refractivity contribution in [2.75, 3.05) is 24.6 Å². The second-order valence-electron chi connectivity index (χ2n) is 3.37. The van der Waals surface area contributed by atoms with Gasteiger partial charge in [-0.25, -0.2) is 0 Å². The van der Waals surface area contributed by atoms with Crippen molar-refractivity contribution in [3.8, 4) is 0 Å². The van der Waals surface area contributed by atoms with Crippen LogP contribution in [0.5, 0.6) is 0 Å². The highest BCUT2D eigenvalue weighted by molar-refractivity contribution is 7.99. The lowest BCUT2D eigenvalue weighted by molar-refractivity contribution is 0.341. The highest BCUT2D eigenvalue weighted by Gasteiger charge is 2.15. The molecule has 1 saturated heterocycles. The molecule has 66 valence electrons. The molecule has 1 unspecified atom stereocenters. The van der Waals surface area contributed by atoms with Crippen LogP contribution in [0.25, 0.3) is 0 Å². The SMILES string of the molecule is CC(N)CSCCC1CNC1. The van der Waals surface area contributed by atoms with Crippen LogP contribution >= 0.6 is 11.8 Å². The first-order valence-corrected chi connectivity index (χ1v) is 5.48. The molecule has 0 aromatic heterocycles. The van der Waals surface area contributed by atoms with E-state index in [-0.39, 0.29) is 0 Å². The fourth-order valence-corrected chi connectivity index (χ4v) is 2.11. The Kier molecular flexibility index (Phi) is 4.26. The van der Waals surface area contributed by atoms with Crippen molar-refractivity contribution in [2.45, 2.75) is 19.4 Å². The van der Waals surface area contributed by atoms with Crippen LogP contribution in [0.2, 0.25) is 0 Å². The molecule has 3 N–H and O–H groups in total. The smallest absolute Gasteiger partial charge is 0.0101 e. The second-order valence-corrected chi connectivity index (χ2v) is 4.51. The summed E-state index contributed by atoms with van der Waals surface area (Å²) in [6, 6.07) is 0.361. The van der Waals surface area contributed by atoms with Gasteiger partial charge in [0, 0.05) is 11.8 Å². The zero-order valence-corrected chi connectivity index (χ0v) is 7.99. The number of hydrogen-bond donors (Lipinski definition) is 2. The minimum absolute atomic E-state index is 0.361. The van der Waals surface area contributed by atoms with E-state index in [9.17, 15) is 0 Å². The van der Waals surface area contributed by atoms with Crippen LogP contribution in [-0.2, 0) is 0 Å². The predicted molar refractivity (Wildman–Crippen MR) is 52.0 cm³/mol. The molecule has 0 amide bonds. The van der Waals surface area contributed by atoms with E-state index in [0.29, 0.717) is 6.04 Å². The first-order valence-electron chi connectivity index (χ1n) is 4.33. The Morgan fingerprint density at radius 3 is 2.82 bits per heavy atom. The van der Waals surface area contributed by atoms with E-state index < -0.39 is 0 Å². The number of hydrogen-bond acceptors (Lipinski definition) is 3. The van der Waals surface area contributed by atoms with Crippen molar-refractivity contribution in [1.82, 2.24) is 5.32 Å².